The van der Waals surface area contributed by atoms with Crippen molar-refractivity contribution in [1.82, 2.24) is 0 Å². The maximum atomic E-state index is 12.0. The van der Waals surface area contributed by atoms with Crippen molar-refractivity contribution in [2.75, 3.05) is 0 Å². The summed E-state index contributed by atoms with van der Waals surface area (Å²) in [6, 6.07) is 6.60. The van der Waals surface area contributed by atoms with Crippen LogP contribution < -0.4 is 0 Å². The minimum Gasteiger partial charge on any atom is -0.469 e. The summed E-state index contributed by atoms with van der Waals surface area (Å²) in [5.41, 5.74) is 1.79. The molecule has 1 aliphatic carbocycles. The van der Waals surface area contributed by atoms with Crippen molar-refractivity contribution in [3.63, 3.8) is 0 Å². The van der Waals surface area contributed by atoms with Crippen LogP contribution in [0.1, 0.15) is 34.5 Å². The molecule has 4 nitrogen and oxygen atoms in total. The van der Waals surface area contributed by atoms with Crippen LogP contribution in [0, 0.1) is 0 Å². The molecule has 3 rings (SSSR count). The van der Waals surface area contributed by atoms with Crippen LogP contribution in [0.2, 0.25) is 10.0 Å². The number of benzene rings is 1. The summed E-state index contributed by atoms with van der Waals surface area (Å²) in [5, 5.41) is 4.41. The zero-order valence-electron chi connectivity index (χ0n) is 10.9. The van der Waals surface area contributed by atoms with Crippen molar-refractivity contribution in [3.8, 4) is 0 Å². The zero-order valence-corrected chi connectivity index (χ0v) is 12.4. The number of oxime groups is 1. The minimum atomic E-state index is -0.634. The van der Waals surface area contributed by atoms with E-state index in [1.807, 2.05) is 6.07 Å². The number of hydrogen-bond donors (Lipinski definition) is 0. The van der Waals surface area contributed by atoms with E-state index in [-0.39, 0.29) is 10.6 Å². The lowest BCUT2D eigenvalue weighted by Crippen LogP contribution is -2.12. The van der Waals surface area contributed by atoms with Crippen molar-refractivity contribution in [2.24, 2.45) is 5.16 Å². The molecule has 0 saturated heterocycles. The number of carbonyl (C=O) groups is 1. The van der Waals surface area contributed by atoms with Gasteiger partial charge in [-0.2, -0.15) is 0 Å². The van der Waals surface area contributed by atoms with E-state index in [0.717, 1.165) is 30.6 Å². The average Bonchev–Trinajstić information content (AvgIpc) is 2.96. The van der Waals surface area contributed by atoms with E-state index in [9.17, 15) is 4.79 Å². The smallest absolute Gasteiger partial charge is 0.367 e. The Bertz CT molecular complexity index is 721. The summed E-state index contributed by atoms with van der Waals surface area (Å²) in [7, 11) is 0. The fraction of sp³-hybridized carbons (Fsp3) is 0.200. The standard InChI is InChI=1S/C15H11Cl2NO3/c16-11-4-1-3-10(14(11)17)15(19)21-18-12-5-2-6-13-9(12)7-8-20-13/h1,3-4,7-8H,2,5-6H2/b18-12-. The highest BCUT2D eigenvalue weighted by Crippen LogP contribution is 2.27. The molecule has 0 radical (unpaired) electrons. The molecule has 0 aliphatic heterocycles. The van der Waals surface area contributed by atoms with Crippen molar-refractivity contribution in [2.45, 2.75) is 19.3 Å². The molecule has 0 saturated carbocycles. The van der Waals surface area contributed by atoms with E-state index in [2.05, 4.69) is 5.16 Å². The van der Waals surface area contributed by atoms with Gasteiger partial charge in [-0.3, -0.25) is 0 Å². The lowest BCUT2D eigenvalue weighted by atomic mass is 9.97. The second-order valence-corrected chi connectivity index (χ2v) is 5.41. The van der Waals surface area contributed by atoms with Gasteiger partial charge in [-0.15, -0.1) is 0 Å². The molecule has 21 heavy (non-hydrogen) atoms. The topological polar surface area (TPSA) is 51.8 Å². The largest absolute Gasteiger partial charge is 0.469 e. The van der Waals surface area contributed by atoms with Crippen LogP contribution in [-0.2, 0) is 11.3 Å². The molecule has 0 bridgehead atoms. The van der Waals surface area contributed by atoms with Gasteiger partial charge in [0.1, 0.15) is 5.76 Å². The van der Waals surface area contributed by atoms with Gasteiger partial charge in [0, 0.05) is 12.0 Å². The molecule has 0 N–H and O–H groups in total. The number of rotatable bonds is 2. The number of furan rings is 1. The molecule has 1 aromatic heterocycles. The first kappa shape index (κ1) is 14.2. The fourth-order valence-electron chi connectivity index (χ4n) is 2.24. The third-order valence-electron chi connectivity index (χ3n) is 3.28. The Morgan fingerprint density at radius 3 is 2.95 bits per heavy atom. The highest BCUT2D eigenvalue weighted by atomic mass is 35.5. The molecule has 2 aromatic rings. The molecule has 108 valence electrons. The monoisotopic (exact) mass is 323 g/mol. The molecule has 0 fully saturated rings. The number of nitrogens with zero attached hydrogens (tertiary/aromatic N) is 1. The predicted molar refractivity (Wildman–Crippen MR) is 80.1 cm³/mol. The first-order valence-corrected chi connectivity index (χ1v) is 7.21. The second-order valence-electron chi connectivity index (χ2n) is 4.63. The lowest BCUT2D eigenvalue weighted by molar-refractivity contribution is 0.0515. The van der Waals surface area contributed by atoms with Crippen molar-refractivity contribution >= 4 is 34.9 Å². The predicted octanol–water partition coefficient (Wildman–Crippen LogP) is 4.48. The highest BCUT2D eigenvalue weighted by Gasteiger charge is 2.20. The van der Waals surface area contributed by atoms with E-state index in [4.69, 9.17) is 32.5 Å². The Morgan fingerprint density at radius 2 is 2.10 bits per heavy atom. The van der Waals surface area contributed by atoms with Gasteiger partial charge in [-0.25, -0.2) is 4.79 Å². The van der Waals surface area contributed by atoms with Gasteiger partial charge in [0.2, 0.25) is 0 Å². The van der Waals surface area contributed by atoms with Gasteiger partial charge in [0.25, 0.3) is 0 Å². The van der Waals surface area contributed by atoms with Gasteiger partial charge >= 0.3 is 5.97 Å². The molecule has 1 heterocycles. The van der Waals surface area contributed by atoms with E-state index in [1.165, 1.54) is 0 Å². The average molecular weight is 324 g/mol. The van der Waals surface area contributed by atoms with Crippen LogP contribution in [0.4, 0.5) is 0 Å². The summed E-state index contributed by atoms with van der Waals surface area (Å²) < 4.78 is 5.35. The Kier molecular flexibility index (Phi) is 3.99. The summed E-state index contributed by atoms with van der Waals surface area (Å²) >= 11 is 11.8. The molecule has 1 aliphatic rings. The van der Waals surface area contributed by atoms with E-state index in [1.54, 1.807) is 24.5 Å². The number of carbonyl (C=O) groups excluding carboxylic acids is 1. The SMILES string of the molecule is O=C(O/N=C1/CCCc2occc21)c1cccc(Cl)c1Cl. The number of aryl methyl sites for hydroxylation is 1. The first-order valence-electron chi connectivity index (χ1n) is 6.46. The lowest BCUT2D eigenvalue weighted by Gasteiger charge is -2.11. The number of hydrogen-bond acceptors (Lipinski definition) is 4. The molecule has 0 spiro atoms. The van der Waals surface area contributed by atoms with Gasteiger partial charge in [-0.05, 0) is 31.0 Å². The van der Waals surface area contributed by atoms with Crippen molar-refractivity contribution in [3.05, 3.63) is 57.5 Å². The molecule has 0 unspecified atom stereocenters. The zero-order chi connectivity index (χ0) is 14.8. The molecular formula is C15H11Cl2NO3. The molecule has 6 heteroatoms. The highest BCUT2D eigenvalue weighted by molar-refractivity contribution is 6.43. The molecule has 0 atom stereocenters. The van der Waals surface area contributed by atoms with E-state index >= 15 is 0 Å². The van der Waals surface area contributed by atoms with Gasteiger partial charge < -0.3 is 9.25 Å². The summed E-state index contributed by atoms with van der Waals surface area (Å²) in [5.74, 6) is 0.238. The minimum absolute atomic E-state index is 0.164. The number of halogens is 2. The Balaban J connectivity index is 1.81. The van der Waals surface area contributed by atoms with Crippen LogP contribution in [-0.4, -0.2) is 11.7 Å². The summed E-state index contributed by atoms with van der Waals surface area (Å²) in [6.45, 7) is 0. The molecular weight excluding hydrogens is 313 g/mol. The normalized spacial score (nSPS) is 15.8. The first-order chi connectivity index (χ1) is 10.2. The van der Waals surface area contributed by atoms with Crippen LogP contribution in [0.5, 0.6) is 0 Å². The second kappa shape index (κ2) is 5.92. The fourth-order valence-corrected chi connectivity index (χ4v) is 2.62. The summed E-state index contributed by atoms with van der Waals surface area (Å²) in [6.07, 6.45) is 4.13. The van der Waals surface area contributed by atoms with Gasteiger partial charge in [0.05, 0.1) is 27.6 Å². The van der Waals surface area contributed by atoms with Crippen molar-refractivity contribution in [1.29, 1.82) is 0 Å². The van der Waals surface area contributed by atoms with Crippen LogP contribution in [0.15, 0.2) is 40.1 Å². The third-order valence-corrected chi connectivity index (χ3v) is 4.10. The Morgan fingerprint density at radius 1 is 1.24 bits per heavy atom. The van der Waals surface area contributed by atoms with E-state index < -0.39 is 5.97 Å². The third kappa shape index (κ3) is 2.82. The van der Waals surface area contributed by atoms with Crippen LogP contribution in [0.3, 0.4) is 0 Å². The maximum Gasteiger partial charge on any atom is 0.367 e. The maximum absolute atomic E-state index is 12.0. The molecule has 0 amide bonds. The molecule has 1 aromatic carbocycles. The number of fused-ring (bicyclic) bond motifs is 1. The summed E-state index contributed by atoms with van der Waals surface area (Å²) in [4.78, 5) is 17.0. The van der Waals surface area contributed by atoms with Crippen LogP contribution >= 0.6 is 23.2 Å². The van der Waals surface area contributed by atoms with Crippen LogP contribution in [0.25, 0.3) is 0 Å². The van der Waals surface area contributed by atoms with Gasteiger partial charge in [0.15, 0.2) is 0 Å². The van der Waals surface area contributed by atoms with Crippen molar-refractivity contribution < 1.29 is 14.0 Å². The Hall–Kier alpha value is -1.78. The van der Waals surface area contributed by atoms with E-state index in [0.29, 0.717) is 10.7 Å². The quantitative estimate of drug-likeness (QED) is 0.604. The Labute approximate surface area is 131 Å². The van der Waals surface area contributed by atoms with Gasteiger partial charge in [-0.1, -0.05) is 34.4 Å².